The minimum atomic E-state index is -5.08. The van der Waals surface area contributed by atoms with Crippen molar-refractivity contribution in [3.8, 4) is 22.5 Å². The monoisotopic (exact) mass is 863 g/mol. The number of carboxylic acids is 1. The number of rotatable bonds is 13. The highest BCUT2D eigenvalue weighted by molar-refractivity contribution is 5.98. The molecule has 3 aromatic carbocycles. The van der Waals surface area contributed by atoms with Gasteiger partial charge in [-0.25, -0.2) is 9.59 Å². The lowest BCUT2D eigenvalue weighted by atomic mass is 9.81. The number of benzene rings is 3. The van der Waals surface area contributed by atoms with Crippen molar-refractivity contribution in [2.75, 3.05) is 26.0 Å². The van der Waals surface area contributed by atoms with E-state index in [1.54, 1.807) is 24.3 Å². The lowest BCUT2D eigenvalue weighted by molar-refractivity contribution is -0.192. The molecule has 6 rings (SSSR count). The summed E-state index contributed by atoms with van der Waals surface area (Å²) in [4.78, 5) is 62.6. The van der Waals surface area contributed by atoms with E-state index in [1.807, 2.05) is 49.4 Å². The second-order valence-electron chi connectivity index (χ2n) is 15.9. The number of anilines is 1. The molecule has 4 amide bonds. The van der Waals surface area contributed by atoms with Crippen LogP contribution in [0.3, 0.4) is 0 Å². The molecule has 1 atom stereocenters. The zero-order valence-corrected chi connectivity index (χ0v) is 34.7. The van der Waals surface area contributed by atoms with Gasteiger partial charge in [-0.1, -0.05) is 30.3 Å². The number of aryl methyl sites for hydroxylation is 1. The van der Waals surface area contributed by atoms with Gasteiger partial charge in [0, 0.05) is 47.8 Å². The number of hydrogen-bond acceptors (Lipinski definition) is 9. The number of carbonyl (C=O) groups is 5. The first-order valence-corrected chi connectivity index (χ1v) is 20.4. The maximum atomic E-state index is 13.8. The molecule has 0 saturated heterocycles. The molecule has 62 heavy (non-hydrogen) atoms. The first-order chi connectivity index (χ1) is 29.5. The number of nitrogens with zero attached hydrogens (tertiary/aromatic N) is 4. The summed E-state index contributed by atoms with van der Waals surface area (Å²) in [6.45, 7) is 2.37. The molecular formula is C43H52F3N9O7. The van der Waals surface area contributed by atoms with E-state index >= 15 is 0 Å². The predicted octanol–water partition coefficient (Wildman–Crippen LogP) is 5.82. The van der Waals surface area contributed by atoms with Crippen LogP contribution in [-0.4, -0.2) is 110 Å². The number of carboxylic acid groups (broad SMARTS) is 2. The largest absolute Gasteiger partial charge is 0.490 e. The van der Waals surface area contributed by atoms with Crippen LogP contribution in [0.25, 0.3) is 22.5 Å². The van der Waals surface area contributed by atoms with E-state index in [9.17, 15) is 32.3 Å². The lowest BCUT2D eigenvalue weighted by Crippen LogP contribution is -2.48. The third-order valence-corrected chi connectivity index (χ3v) is 11.3. The summed E-state index contributed by atoms with van der Waals surface area (Å²) in [6, 6.07) is 20.7. The van der Waals surface area contributed by atoms with Crippen molar-refractivity contribution in [1.82, 2.24) is 41.5 Å². The normalized spacial score (nSPS) is 19.3. The van der Waals surface area contributed by atoms with E-state index in [0.717, 1.165) is 66.3 Å². The predicted molar refractivity (Wildman–Crippen MR) is 223 cm³/mol. The molecule has 2 fully saturated rings. The maximum absolute atomic E-state index is 13.8. The molecule has 7 N–H and O–H groups in total. The van der Waals surface area contributed by atoms with Gasteiger partial charge in [0.2, 0.25) is 17.6 Å². The summed E-state index contributed by atoms with van der Waals surface area (Å²) >= 11 is 0. The Balaban J connectivity index is 0.000000955. The molecule has 1 aromatic heterocycles. The Morgan fingerprint density at radius 3 is 2.03 bits per heavy atom. The third-order valence-electron chi connectivity index (χ3n) is 11.3. The van der Waals surface area contributed by atoms with Gasteiger partial charge in [-0.05, 0) is 142 Å². The number of aromatic nitrogens is 4. The van der Waals surface area contributed by atoms with Crippen LogP contribution in [0.15, 0.2) is 66.7 Å². The van der Waals surface area contributed by atoms with Crippen LogP contribution >= 0.6 is 0 Å². The Morgan fingerprint density at radius 2 is 1.48 bits per heavy atom. The lowest BCUT2D eigenvalue weighted by Gasteiger charge is -2.33. The number of H-pyrrole nitrogens is 1. The molecule has 0 spiro atoms. The molecular weight excluding hydrogens is 812 g/mol. The number of hydrogen-bond donors (Lipinski definition) is 7. The van der Waals surface area contributed by atoms with Gasteiger partial charge in [0.1, 0.15) is 6.04 Å². The van der Waals surface area contributed by atoms with Crippen LogP contribution in [0.1, 0.15) is 72.9 Å². The maximum Gasteiger partial charge on any atom is 0.490 e. The van der Waals surface area contributed by atoms with E-state index < -0.39 is 24.3 Å². The van der Waals surface area contributed by atoms with E-state index in [1.165, 1.54) is 0 Å². The van der Waals surface area contributed by atoms with Crippen molar-refractivity contribution < 1.29 is 47.4 Å². The molecule has 2 aliphatic rings. The zero-order chi connectivity index (χ0) is 45.0. The van der Waals surface area contributed by atoms with Crippen molar-refractivity contribution in [3.63, 3.8) is 0 Å². The van der Waals surface area contributed by atoms with Crippen LogP contribution in [0.2, 0.25) is 0 Å². The van der Waals surface area contributed by atoms with E-state index in [4.69, 9.17) is 15.0 Å². The van der Waals surface area contributed by atoms with Gasteiger partial charge in [-0.2, -0.15) is 18.4 Å². The molecule has 1 heterocycles. The standard InChI is InChI=1S/C41H51N9O5.C2HF3O2/c1-25-22-31(39(52)43-33-17-19-34(20-18-33)50(2)3)14-21-35(25)28-8-4-26(5-9-28)23-36(45-38(51)30-10-6-27(7-11-30)24-42-41(54)55)40(53)44-32-15-12-29(13-16-32)37-46-48-49-47-37;3-2(4,5)1(6)7/h4-5,8-9,12-16,21-22,27,30,33-34,36,42H,6-7,10-11,17-20,23-24H2,1-3H3,(H,43,52)(H,44,53)(H,45,51)(H,54,55)(H,46,47,48,49);(H,6,7)/t27-,30-,33?,34?,36-;/m0./s1. The van der Waals surface area contributed by atoms with Crippen LogP contribution in [-0.2, 0) is 20.8 Å². The summed E-state index contributed by atoms with van der Waals surface area (Å²) in [5, 5.41) is 41.7. The molecule has 332 valence electrons. The molecule has 0 unspecified atom stereocenters. The van der Waals surface area contributed by atoms with Gasteiger partial charge in [0.15, 0.2) is 0 Å². The Bertz CT molecular complexity index is 2130. The summed E-state index contributed by atoms with van der Waals surface area (Å²) < 4.78 is 31.7. The Labute approximate surface area is 356 Å². The topological polar surface area (TPSA) is 232 Å². The third kappa shape index (κ3) is 13.6. The van der Waals surface area contributed by atoms with Gasteiger partial charge in [0.25, 0.3) is 5.91 Å². The van der Waals surface area contributed by atoms with Gasteiger partial charge in [-0.15, -0.1) is 10.2 Å². The van der Waals surface area contributed by atoms with Gasteiger partial charge in [0.05, 0.1) is 0 Å². The Kier molecular flexibility index (Phi) is 16.1. The van der Waals surface area contributed by atoms with E-state index in [-0.39, 0.29) is 42.0 Å². The van der Waals surface area contributed by atoms with Crippen molar-refractivity contribution in [2.45, 2.75) is 89.0 Å². The highest BCUT2D eigenvalue weighted by Gasteiger charge is 2.38. The summed E-state index contributed by atoms with van der Waals surface area (Å²) in [7, 11) is 4.22. The van der Waals surface area contributed by atoms with Crippen molar-refractivity contribution >= 4 is 35.5 Å². The fourth-order valence-electron chi connectivity index (χ4n) is 7.77. The number of amides is 4. The van der Waals surface area contributed by atoms with Gasteiger partial charge >= 0.3 is 18.2 Å². The van der Waals surface area contributed by atoms with Gasteiger partial charge < -0.3 is 36.4 Å². The number of aromatic amines is 1. The quantitative estimate of drug-likeness (QED) is 0.0847. The number of tetrazole rings is 1. The number of alkyl halides is 3. The number of halogens is 3. The minimum absolute atomic E-state index is 0.0455. The highest BCUT2D eigenvalue weighted by atomic mass is 19.4. The Morgan fingerprint density at radius 1 is 0.855 bits per heavy atom. The molecule has 0 radical (unpaired) electrons. The highest BCUT2D eigenvalue weighted by Crippen LogP contribution is 2.30. The number of carbonyl (C=O) groups excluding carboxylic acids is 3. The van der Waals surface area contributed by atoms with Crippen molar-refractivity contribution in [3.05, 3.63) is 83.4 Å². The Hall–Kier alpha value is -6.37. The van der Waals surface area contributed by atoms with Crippen molar-refractivity contribution in [2.24, 2.45) is 11.8 Å². The molecule has 2 aliphatic carbocycles. The molecule has 19 heteroatoms. The molecule has 2 saturated carbocycles. The molecule has 16 nitrogen and oxygen atoms in total. The van der Waals surface area contributed by atoms with Crippen LogP contribution in [0.5, 0.6) is 0 Å². The second-order valence-corrected chi connectivity index (χ2v) is 15.9. The van der Waals surface area contributed by atoms with Crippen LogP contribution in [0.4, 0.5) is 23.7 Å². The first-order valence-electron chi connectivity index (χ1n) is 20.4. The summed E-state index contributed by atoms with van der Waals surface area (Å²) in [5.74, 6) is -2.98. The van der Waals surface area contributed by atoms with E-state index in [0.29, 0.717) is 42.5 Å². The summed E-state index contributed by atoms with van der Waals surface area (Å²) in [6.07, 6.45) is 0.960. The smallest absolute Gasteiger partial charge is 0.475 e. The molecule has 0 bridgehead atoms. The average Bonchev–Trinajstić information content (AvgIpc) is 3.79. The van der Waals surface area contributed by atoms with Crippen LogP contribution in [0, 0.1) is 18.8 Å². The first kappa shape index (κ1) is 46.7. The van der Waals surface area contributed by atoms with Crippen molar-refractivity contribution in [1.29, 1.82) is 0 Å². The second kappa shape index (κ2) is 21.4. The molecule has 0 aliphatic heterocycles. The zero-order valence-electron chi connectivity index (χ0n) is 34.7. The van der Waals surface area contributed by atoms with Crippen LogP contribution < -0.4 is 21.3 Å². The number of aliphatic carboxylic acids is 1. The van der Waals surface area contributed by atoms with E-state index in [2.05, 4.69) is 60.9 Å². The van der Waals surface area contributed by atoms with Gasteiger partial charge in [-0.3, -0.25) is 14.4 Å². The minimum Gasteiger partial charge on any atom is -0.475 e. The number of nitrogens with one attached hydrogen (secondary N) is 5. The molecule has 4 aromatic rings. The average molecular weight is 864 g/mol. The SMILES string of the molecule is Cc1cc(C(=O)NC2CCC(N(C)C)CC2)ccc1-c1ccc(C[C@H](NC(=O)[C@H]2CC[C@H](CNC(=O)O)CC2)C(=O)Nc2ccc(-c3nn[nH]n3)cc2)cc1.O=C(O)C(F)(F)F. The fraction of sp³-hybridized carbons (Fsp3) is 0.442. The fourth-order valence-corrected chi connectivity index (χ4v) is 7.77. The summed E-state index contributed by atoms with van der Waals surface area (Å²) in [5.41, 5.74) is 5.79.